The standard InChI is InChI=1S/C11H19NO2/c1-2-5-12-10-8-4-3-7(6-8)9(10)11(13)14/h7-10,12H,2-6H2,1H3,(H,13,14). The largest absolute Gasteiger partial charge is 0.481 e. The summed E-state index contributed by atoms with van der Waals surface area (Å²) in [5.41, 5.74) is 0. The second-order valence-corrected chi connectivity index (χ2v) is 4.68. The number of hydrogen-bond donors (Lipinski definition) is 2. The Labute approximate surface area is 84.9 Å². The molecule has 0 heterocycles. The van der Waals surface area contributed by atoms with E-state index in [1.54, 1.807) is 0 Å². The molecule has 0 amide bonds. The van der Waals surface area contributed by atoms with Crippen molar-refractivity contribution in [2.24, 2.45) is 17.8 Å². The number of nitrogens with one attached hydrogen (secondary N) is 1. The van der Waals surface area contributed by atoms with E-state index in [2.05, 4.69) is 12.2 Å². The summed E-state index contributed by atoms with van der Waals surface area (Å²) in [6.07, 6.45) is 4.58. The van der Waals surface area contributed by atoms with Crippen molar-refractivity contribution >= 4 is 5.97 Å². The first-order chi connectivity index (χ1) is 6.74. The highest BCUT2D eigenvalue weighted by Gasteiger charge is 2.50. The molecule has 2 N–H and O–H groups in total. The van der Waals surface area contributed by atoms with E-state index in [0.717, 1.165) is 25.8 Å². The number of hydrogen-bond acceptors (Lipinski definition) is 2. The topological polar surface area (TPSA) is 49.3 Å². The Morgan fingerprint density at radius 3 is 2.79 bits per heavy atom. The van der Waals surface area contributed by atoms with Crippen LogP contribution in [-0.4, -0.2) is 23.7 Å². The average Bonchev–Trinajstić information content (AvgIpc) is 2.72. The maximum Gasteiger partial charge on any atom is 0.308 e. The van der Waals surface area contributed by atoms with Gasteiger partial charge in [-0.15, -0.1) is 0 Å². The van der Waals surface area contributed by atoms with Gasteiger partial charge < -0.3 is 10.4 Å². The molecule has 2 rings (SSSR count). The molecule has 2 aliphatic rings. The molecule has 0 radical (unpaired) electrons. The molecule has 0 aliphatic heterocycles. The van der Waals surface area contributed by atoms with E-state index in [9.17, 15) is 4.79 Å². The summed E-state index contributed by atoms with van der Waals surface area (Å²) >= 11 is 0. The zero-order chi connectivity index (χ0) is 10.1. The molecule has 2 aliphatic carbocycles. The van der Waals surface area contributed by atoms with Crippen LogP contribution in [0.25, 0.3) is 0 Å². The van der Waals surface area contributed by atoms with Gasteiger partial charge in [0, 0.05) is 6.04 Å². The van der Waals surface area contributed by atoms with Crippen LogP contribution in [0.15, 0.2) is 0 Å². The van der Waals surface area contributed by atoms with Crippen LogP contribution in [0.4, 0.5) is 0 Å². The van der Waals surface area contributed by atoms with E-state index in [0.29, 0.717) is 11.8 Å². The van der Waals surface area contributed by atoms with Gasteiger partial charge >= 0.3 is 5.97 Å². The fourth-order valence-electron chi connectivity index (χ4n) is 3.25. The van der Waals surface area contributed by atoms with E-state index in [1.165, 1.54) is 6.42 Å². The van der Waals surface area contributed by atoms with E-state index in [1.807, 2.05) is 0 Å². The van der Waals surface area contributed by atoms with Crippen molar-refractivity contribution in [1.82, 2.24) is 5.32 Å². The molecule has 3 heteroatoms. The third-order valence-corrected chi connectivity index (χ3v) is 3.83. The number of fused-ring (bicyclic) bond motifs is 2. The van der Waals surface area contributed by atoms with E-state index < -0.39 is 5.97 Å². The van der Waals surface area contributed by atoms with Gasteiger partial charge in [0.1, 0.15) is 0 Å². The predicted octanol–water partition coefficient (Wildman–Crippen LogP) is 1.49. The van der Waals surface area contributed by atoms with Crippen molar-refractivity contribution in [1.29, 1.82) is 0 Å². The maximum absolute atomic E-state index is 11.1. The Morgan fingerprint density at radius 1 is 1.43 bits per heavy atom. The van der Waals surface area contributed by atoms with Crippen LogP contribution in [0.3, 0.4) is 0 Å². The highest BCUT2D eigenvalue weighted by atomic mass is 16.4. The fraction of sp³-hybridized carbons (Fsp3) is 0.909. The van der Waals surface area contributed by atoms with Gasteiger partial charge in [0.25, 0.3) is 0 Å². The Kier molecular flexibility index (Phi) is 2.77. The molecule has 2 saturated carbocycles. The molecule has 4 unspecified atom stereocenters. The Bertz CT molecular complexity index is 229. The van der Waals surface area contributed by atoms with Gasteiger partial charge in [-0.2, -0.15) is 0 Å². The lowest BCUT2D eigenvalue weighted by atomic mass is 9.84. The summed E-state index contributed by atoms with van der Waals surface area (Å²) < 4.78 is 0. The molecule has 0 aromatic heterocycles. The molecule has 80 valence electrons. The summed E-state index contributed by atoms with van der Waals surface area (Å²) in [6, 6.07) is 0.256. The van der Waals surface area contributed by atoms with Gasteiger partial charge in [0.15, 0.2) is 0 Å². The van der Waals surface area contributed by atoms with Crippen LogP contribution in [0.2, 0.25) is 0 Å². The number of carbonyl (C=O) groups is 1. The van der Waals surface area contributed by atoms with Crippen molar-refractivity contribution in [3.63, 3.8) is 0 Å². The normalized spacial score (nSPS) is 40.4. The lowest BCUT2D eigenvalue weighted by Gasteiger charge is -2.28. The summed E-state index contributed by atoms with van der Waals surface area (Å²) in [7, 11) is 0. The van der Waals surface area contributed by atoms with Crippen molar-refractivity contribution in [2.75, 3.05) is 6.54 Å². The number of carboxylic acid groups (broad SMARTS) is 1. The lowest BCUT2D eigenvalue weighted by Crippen LogP contribution is -2.44. The quantitative estimate of drug-likeness (QED) is 0.717. The number of rotatable bonds is 4. The predicted molar refractivity (Wildman–Crippen MR) is 54.0 cm³/mol. The zero-order valence-electron chi connectivity index (χ0n) is 8.70. The van der Waals surface area contributed by atoms with Gasteiger partial charge in [-0.05, 0) is 44.1 Å². The van der Waals surface area contributed by atoms with Crippen LogP contribution in [0.1, 0.15) is 32.6 Å². The molecule has 4 atom stereocenters. The highest BCUT2D eigenvalue weighted by molar-refractivity contribution is 5.72. The van der Waals surface area contributed by atoms with Crippen LogP contribution < -0.4 is 5.32 Å². The fourth-order valence-corrected chi connectivity index (χ4v) is 3.25. The Morgan fingerprint density at radius 2 is 2.14 bits per heavy atom. The van der Waals surface area contributed by atoms with Crippen LogP contribution in [0, 0.1) is 17.8 Å². The molecule has 14 heavy (non-hydrogen) atoms. The van der Waals surface area contributed by atoms with Gasteiger partial charge in [-0.3, -0.25) is 4.79 Å². The van der Waals surface area contributed by atoms with Crippen molar-refractivity contribution < 1.29 is 9.90 Å². The SMILES string of the molecule is CCCNC1C2CCC(C2)C1C(=O)O. The van der Waals surface area contributed by atoms with Crippen molar-refractivity contribution in [2.45, 2.75) is 38.6 Å². The molecule has 2 fully saturated rings. The molecular formula is C11H19NO2. The molecule has 0 spiro atoms. The Balaban J connectivity index is 2.02. The van der Waals surface area contributed by atoms with Crippen LogP contribution in [0.5, 0.6) is 0 Å². The highest BCUT2D eigenvalue weighted by Crippen LogP contribution is 2.48. The summed E-state index contributed by atoms with van der Waals surface area (Å²) in [4.78, 5) is 11.1. The lowest BCUT2D eigenvalue weighted by molar-refractivity contribution is -0.144. The molecule has 0 saturated heterocycles. The Hall–Kier alpha value is -0.570. The van der Waals surface area contributed by atoms with Crippen LogP contribution >= 0.6 is 0 Å². The number of aliphatic carboxylic acids is 1. The van der Waals surface area contributed by atoms with Gasteiger partial charge in [-0.25, -0.2) is 0 Å². The first-order valence-corrected chi connectivity index (χ1v) is 5.70. The second-order valence-electron chi connectivity index (χ2n) is 4.68. The first-order valence-electron chi connectivity index (χ1n) is 5.70. The van der Waals surface area contributed by atoms with E-state index in [-0.39, 0.29) is 12.0 Å². The second kappa shape index (κ2) is 3.89. The summed E-state index contributed by atoms with van der Waals surface area (Å²) in [6.45, 7) is 3.08. The van der Waals surface area contributed by atoms with Crippen molar-refractivity contribution in [3.8, 4) is 0 Å². The molecule has 2 bridgehead atoms. The average molecular weight is 197 g/mol. The van der Waals surface area contributed by atoms with E-state index >= 15 is 0 Å². The summed E-state index contributed by atoms with van der Waals surface area (Å²) in [5, 5.41) is 12.6. The third kappa shape index (κ3) is 1.54. The van der Waals surface area contributed by atoms with Gasteiger partial charge in [0.05, 0.1) is 5.92 Å². The molecule has 0 aromatic carbocycles. The minimum Gasteiger partial charge on any atom is -0.481 e. The molecular weight excluding hydrogens is 178 g/mol. The maximum atomic E-state index is 11.1. The minimum absolute atomic E-state index is 0.111. The van der Waals surface area contributed by atoms with Gasteiger partial charge in [-0.1, -0.05) is 6.92 Å². The molecule has 3 nitrogen and oxygen atoms in total. The smallest absolute Gasteiger partial charge is 0.308 e. The van der Waals surface area contributed by atoms with Crippen LogP contribution in [-0.2, 0) is 4.79 Å². The minimum atomic E-state index is -0.592. The van der Waals surface area contributed by atoms with Crippen molar-refractivity contribution in [3.05, 3.63) is 0 Å². The summed E-state index contributed by atoms with van der Waals surface area (Å²) in [5.74, 6) is 0.380. The monoisotopic (exact) mass is 197 g/mol. The first kappa shape index (κ1) is 9.97. The van der Waals surface area contributed by atoms with E-state index in [4.69, 9.17) is 5.11 Å². The molecule has 0 aromatic rings. The third-order valence-electron chi connectivity index (χ3n) is 3.83. The van der Waals surface area contributed by atoms with Gasteiger partial charge in [0.2, 0.25) is 0 Å². The zero-order valence-corrected chi connectivity index (χ0v) is 8.70. The number of carboxylic acids is 1.